The summed E-state index contributed by atoms with van der Waals surface area (Å²) >= 11 is 2.73. The third kappa shape index (κ3) is 1.84. The second-order valence-corrected chi connectivity index (χ2v) is 19.5. The van der Waals surface area contributed by atoms with E-state index >= 15 is 0 Å². The minimum absolute atomic E-state index is 1.02. The van der Waals surface area contributed by atoms with Crippen LogP contribution < -0.4 is 0 Å². The summed E-state index contributed by atoms with van der Waals surface area (Å²) in [5.41, 5.74) is 0. The third-order valence-electron chi connectivity index (χ3n) is 1.95. The van der Waals surface area contributed by atoms with E-state index in [0.717, 1.165) is 0 Å². The summed E-state index contributed by atoms with van der Waals surface area (Å²) in [6.07, 6.45) is 6.06. The van der Waals surface area contributed by atoms with Crippen molar-refractivity contribution in [2.45, 2.75) is 12.8 Å². The Hall–Kier alpha value is 1.16. The van der Waals surface area contributed by atoms with Crippen LogP contribution in [-0.4, -0.2) is 25.7 Å². The first kappa shape index (κ1) is 7.27. The number of hydrogen-bond acceptors (Lipinski definition) is 0. The van der Waals surface area contributed by atoms with Crippen molar-refractivity contribution < 1.29 is 0 Å². The molecular formula is C6H14IP. The zero-order valence-corrected chi connectivity index (χ0v) is 8.71. The van der Waals surface area contributed by atoms with Gasteiger partial charge in [-0.05, 0) is 0 Å². The molecule has 0 unspecified atom stereocenters. The zero-order chi connectivity index (χ0) is 6.28. The Balaban J connectivity index is 2.67. The molecule has 0 aromatic rings. The summed E-state index contributed by atoms with van der Waals surface area (Å²) in [6, 6.07) is 0. The van der Waals surface area contributed by atoms with Gasteiger partial charge >= 0.3 is 64.8 Å². The summed E-state index contributed by atoms with van der Waals surface area (Å²) < 4.78 is -1.02. The van der Waals surface area contributed by atoms with Crippen LogP contribution in [0.1, 0.15) is 12.8 Å². The molecule has 2 heteroatoms. The molecule has 0 spiro atoms. The summed E-state index contributed by atoms with van der Waals surface area (Å²) in [5.74, 6) is 0. The number of rotatable bonds is 0. The fraction of sp³-hybridized carbons (Fsp3) is 1.00. The van der Waals surface area contributed by atoms with E-state index in [2.05, 4.69) is 35.4 Å². The SMILES string of the molecule is CP1(C)(I)CCCC1. The maximum atomic E-state index is 2.73. The van der Waals surface area contributed by atoms with Crippen LogP contribution in [-0.2, 0) is 0 Å². The molecule has 0 aliphatic carbocycles. The maximum absolute atomic E-state index is 2.73. The van der Waals surface area contributed by atoms with Gasteiger partial charge in [-0.2, -0.15) is 0 Å². The fourth-order valence-electron chi connectivity index (χ4n) is 1.31. The Bertz CT molecular complexity index is 90.8. The second kappa shape index (κ2) is 1.82. The van der Waals surface area contributed by atoms with Crippen molar-refractivity contribution in [3.63, 3.8) is 0 Å². The Kier molecular flexibility index (Phi) is 1.65. The average molecular weight is 244 g/mol. The van der Waals surface area contributed by atoms with Crippen LogP contribution >= 0.6 is 26.3 Å². The third-order valence-corrected chi connectivity index (χ3v) is 8.23. The van der Waals surface area contributed by atoms with Gasteiger partial charge in [0.05, 0.1) is 0 Å². The van der Waals surface area contributed by atoms with Crippen molar-refractivity contribution in [1.82, 2.24) is 0 Å². The van der Waals surface area contributed by atoms with Gasteiger partial charge in [0, 0.05) is 0 Å². The van der Waals surface area contributed by atoms with E-state index in [-0.39, 0.29) is 0 Å². The van der Waals surface area contributed by atoms with E-state index in [1.807, 2.05) is 0 Å². The van der Waals surface area contributed by atoms with Gasteiger partial charge in [0.1, 0.15) is 0 Å². The van der Waals surface area contributed by atoms with E-state index in [1.54, 1.807) is 0 Å². The van der Waals surface area contributed by atoms with Crippen molar-refractivity contribution in [1.29, 1.82) is 0 Å². The molecule has 0 amide bonds. The van der Waals surface area contributed by atoms with Gasteiger partial charge in [-0.25, -0.2) is 0 Å². The molecule has 1 fully saturated rings. The summed E-state index contributed by atoms with van der Waals surface area (Å²) in [5, 5.41) is 0. The van der Waals surface area contributed by atoms with Crippen molar-refractivity contribution in [2.75, 3.05) is 25.7 Å². The first-order chi connectivity index (χ1) is 3.47. The Labute approximate surface area is 64.8 Å². The van der Waals surface area contributed by atoms with E-state index in [0.29, 0.717) is 0 Å². The zero-order valence-electron chi connectivity index (χ0n) is 5.65. The van der Waals surface area contributed by atoms with E-state index < -0.39 is 4.25 Å². The first-order valence-electron chi connectivity index (χ1n) is 3.20. The molecule has 0 aromatic heterocycles. The monoisotopic (exact) mass is 244 g/mol. The quantitative estimate of drug-likeness (QED) is 0.454. The molecular weight excluding hydrogens is 230 g/mol. The van der Waals surface area contributed by atoms with Crippen LogP contribution in [0, 0.1) is 0 Å². The molecule has 0 atom stereocenters. The standard InChI is InChI=1S/C6H14IP/c1-8(2,7)5-3-4-6-8/h3-6H2,1-2H3. The molecule has 0 bridgehead atoms. The fourth-order valence-corrected chi connectivity index (χ4v) is 5.98. The van der Waals surface area contributed by atoms with Gasteiger partial charge in [0.2, 0.25) is 0 Å². The van der Waals surface area contributed by atoms with E-state index in [4.69, 9.17) is 0 Å². The van der Waals surface area contributed by atoms with Crippen molar-refractivity contribution in [3.05, 3.63) is 0 Å². The summed E-state index contributed by atoms with van der Waals surface area (Å²) in [7, 11) is 0. The van der Waals surface area contributed by atoms with Gasteiger partial charge in [0.25, 0.3) is 0 Å². The molecule has 0 radical (unpaired) electrons. The van der Waals surface area contributed by atoms with Gasteiger partial charge < -0.3 is 0 Å². The van der Waals surface area contributed by atoms with Crippen LogP contribution in [0.15, 0.2) is 0 Å². The second-order valence-electron chi connectivity index (χ2n) is 3.67. The first-order valence-corrected chi connectivity index (χ1v) is 9.48. The molecule has 50 valence electrons. The molecule has 0 N–H and O–H groups in total. The molecule has 1 heterocycles. The topological polar surface area (TPSA) is 0 Å². The van der Waals surface area contributed by atoms with Gasteiger partial charge in [0.15, 0.2) is 0 Å². The molecule has 1 rings (SSSR count). The van der Waals surface area contributed by atoms with Crippen LogP contribution in [0.5, 0.6) is 0 Å². The Morgan fingerprint density at radius 3 is 1.62 bits per heavy atom. The summed E-state index contributed by atoms with van der Waals surface area (Å²) in [4.78, 5) is 0. The van der Waals surface area contributed by atoms with Crippen LogP contribution in [0.4, 0.5) is 0 Å². The number of halogens is 1. The minimum atomic E-state index is -1.02. The van der Waals surface area contributed by atoms with E-state index in [9.17, 15) is 0 Å². The van der Waals surface area contributed by atoms with Crippen molar-refractivity contribution >= 4 is 26.3 Å². The Morgan fingerprint density at radius 1 is 1.12 bits per heavy atom. The van der Waals surface area contributed by atoms with Gasteiger partial charge in [-0.3, -0.25) is 0 Å². The molecule has 1 aliphatic heterocycles. The van der Waals surface area contributed by atoms with Crippen LogP contribution in [0.25, 0.3) is 0 Å². The molecule has 0 nitrogen and oxygen atoms in total. The molecule has 1 aliphatic rings. The average Bonchev–Trinajstić information content (AvgIpc) is 1.81. The normalized spacial score (nSPS) is 38.1. The van der Waals surface area contributed by atoms with Crippen LogP contribution in [0.3, 0.4) is 0 Å². The van der Waals surface area contributed by atoms with Gasteiger partial charge in [-0.1, -0.05) is 0 Å². The molecule has 0 aromatic carbocycles. The van der Waals surface area contributed by atoms with Crippen LogP contribution in [0.2, 0.25) is 0 Å². The Morgan fingerprint density at radius 2 is 1.50 bits per heavy atom. The van der Waals surface area contributed by atoms with Crippen molar-refractivity contribution in [2.24, 2.45) is 0 Å². The number of hydrogen-bond donors (Lipinski definition) is 0. The van der Waals surface area contributed by atoms with Crippen molar-refractivity contribution in [3.8, 4) is 0 Å². The van der Waals surface area contributed by atoms with E-state index in [1.165, 1.54) is 25.2 Å². The van der Waals surface area contributed by atoms with Gasteiger partial charge in [-0.15, -0.1) is 0 Å². The predicted molar refractivity (Wildman–Crippen MR) is 51.8 cm³/mol. The molecule has 8 heavy (non-hydrogen) atoms. The summed E-state index contributed by atoms with van der Waals surface area (Å²) in [6.45, 7) is 5.00. The predicted octanol–water partition coefficient (Wildman–Crippen LogP) is 2.94. The molecule has 1 saturated heterocycles. The molecule has 0 saturated carbocycles.